The average molecular weight is 283 g/mol. The van der Waals surface area contributed by atoms with Crippen LogP contribution in [0.2, 0.25) is 0 Å². The number of carbonyl (C=O) groups is 1. The van der Waals surface area contributed by atoms with Crippen LogP contribution < -0.4 is 5.32 Å². The molecule has 1 heterocycles. The fourth-order valence-corrected chi connectivity index (χ4v) is 1.30. The minimum absolute atomic E-state index is 0.207. The number of hydrogen-bond donors (Lipinski definition) is 2. The average Bonchev–Trinajstić information content (AvgIpc) is 2.36. The third kappa shape index (κ3) is 3.62. The number of rotatable bonds is 4. The van der Waals surface area contributed by atoms with Gasteiger partial charge in [-0.25, -0.2) is 9.78 Å². The van der Waals surface area contributed by atoms with Crippen molar-refractivity contribution >= 4 is 11.8 Å². The number of aromatic nitrogens is 1. The molecule has 1 rings (SSSR count). The summed E-state index contributed by atoms with van der Waals surface area (Å²) in [6.07, 6.45) is 0.00693. The number of halogens is 3. The second kappa shape index (κ2) is 5.93. The van der Waals surface area contributed by atoms with E-state index in [-0.39, 0.29) is 12.0 Å². The van der Waals surface area contributed by atoms with E-state index in [1.54, 1.807) is 6.07 Å². The number of nitrogens with one attached hydrogen (secondary N) is 1. The summed E-state index contributed by atoms with van der Waals surface area (Å²) < 4.78 is 37.6. The second-order valence-corrected chi connectivity index (χ2v) is 3.65. The predicted octanol–water partition coefficient (Wildman–Crippen LogP) is 1.86. The Balaban J connectivity index is 3.18. The first-order valence-electron chi connectivity index (χ1n) is 5.20. The predicted molar refractivity (Wildman–Crippen MR) is 62.5 cm³/mol. The molecular formula is C12H8F3N3O2. The number of nitrogens with zero attached hydrogens (tertiary/aromatic N) is 2. The minimum Gasteiger partial charge on any atom is -0.480 e. The molecule has 2 N–H and O–H groups in total. The van der Waals surface area contributed by atoms with E-state index in [9.17, 15) is 18.0 Å². The van der Waals surface area contributed by atoms with Gasteiger partial charge in [0.25, 0.3) is 0 Å². The molecule has 0 spiro atoms. The summed E-state index contributed by atoms with van der Waals surface area (Å²) in [5.74, 6) is 0.252. The highest BCUT2D eigenvalue weighted by Crippen LogP contribution is 2.29. The van der Waals surface area contributed by atoms with Crippen molar-refractivity contribution in [1.82, 2.24) is 4.98 Å². The first-order chi connectivity index (χ1) is 9.29. The van der Waals surface area contributed by atoms with Crippen molar-refractivity contribution < 1.29 is 23.1 Å². The van der Waals surface area contributed by atoms with Crippen LogP contribution in [-0.4, -0.2) is 22.1 Å². The number of aliphatic carboxylic acids is 1. The number of hydrogen-bond acceptors (Lipinski definition) is 4. The van der Waals surface area contributed by atoms with Crippen molar-refractivity contribution in [2.75, 3.05) is 5.32 Å². The maximum absolute atomic E-state index is 12.5. The largest absolute Gasteiger partial charge is 0.480 e. The van der Waals surface area contributed by atoms with E-state index < -0.39 is 29.7 Å². The lowest BCUT2D eigenvalue weighted by Crippen LogP contribution is -2.30. The van der Waals surface area contributed by atoms with Crippen LogP contribution in [-0.2, 0) is 11.0 Å². The van der Waals surface area contributed by atoms with E-state index in [2.05, 4.69) is 16.2 Å². The monoisotopic (exact) mass is 283 g/mol. The number of carboxylic acids is 1. The Hall–Kier alpha value is -2.74. The minimum atomic E-state index is -4.70. The van der Waals surface area contributed by atoms with Crippen LogP contribution in [0, 0.1) is 23.7 Å². The van der Waals surface area contributed by atoms with Gasteiger partial charge in [-0.2, -0.15) is 18.4 Å². The Morgan fingerprint density at radius 2 is 2.20 bits per heavy atom. The van der Waals surface area contributed by atoms with Crippen LogP contribution in [0.4, 0.5) is 19.0 Å². The molecule has 0 bridgehead atoms. The number of carboxylic acid groups (broad SMARTS) is 1. The van der Waals surface area contributed by atoms with Crippen molar-refractivity contribution in [3.8, 4) is 18.4 Å². The molecule has 0 aliphatic carbocycles. The number of alkyl halides is 3. The van der Waals surface area contributed by atoms with E-state index in [1.165, 1.54) is 0 Å². The second-order valence-electron chi connectivity index (χ2n) is 3.65. The van der Waals surface area contributed by atoms with Gasteiger partial charge in [-0.15, -0.1) is 12.3 Å². The molecule has 0 fully saturated rings. The molecule has 0 aromatic carbocycles. The SMILES string of the molecule is C#CCC(Nc1nc(C(F)(F)F)ccc1C#N)C(=O)O. The molecule has 0 saturated carbocycles. The highest BCUT2D eigenvalue weighted by Gasteiger charge is 2.33. The third-order valence-corrected chi connectivity index (χ3v) is 2.24. The smallest absolute Gasteiger partial charge is 0.433 e. The summed E-state index contributed by atoms with van der Waals surface area (Å²) in [5, 5.41) is 19.9. The highest BCUT2D eigenvalue weighted by atomic mass is 19.4. The lowest BCUT2D eigenvalue weighted by atomic mass is 10.2. The fraction of sp³-hybridized carbons (Fsp3) is 0.250. The van der Waals surface area contributed by atoms with Gasteiger partial charge in [0.2, 0.25) is 0 Å². The Kier molecular flexibility index (Phi) is 4.54. The molecule has 104 valence electrons. The Labute approximate surface area is 112 Å². The molecule has 5 nitrogen and oxygen atoms in total. The van der Waals surface area contributed by atoms with E-state index in [0.717, 1.165) is 6.07 Å². The normalized spacial score (nSPS) is 12.1. The third-order valence-electron chi connectivity index (χ3n) is 2.24. The zero-order valence-corrected chi connectivity index (χ0v) is 9.90. The Morgan fingerprint density at radius 3 is 2.65 bits per heavy atom. The van der Waals surface area contributed by atoms with Crippen molar-refractivity contribution in [1.29, 1.82) is 5.26 Å². The van der Waals surface area contributed by atoms with Gasteiger partial charge in [0.15, 0.2) is 0 Å². The molecule has 20 heavy (non-hydrogen) atoms. The Morgan fingerprint density at radius 1 is 1.55 bits per heavy atom. The molecule has 1 unspecified atom stereocenters. The van der Waals surface area contributed by atoms with Crippen molar-refractivity contribution in [2.24, 2.45) is 0 Å². The molecule has 0 saturated heterocycles. The van der Waals surface area contributed by atoms with Crippen LogP contribution in [0.15, 0.2) is 12.1 Å². The molecule has 0 amide bonds. The van der Waals surface area contributed by atoms with Crippen molar-refractivity contribution in [2.45, 2.75) is 18.6 Å². The van der Waals surface area contributed by atoms with Gasteiger partial charge in [-0.3, -0.25) is 0 Å². The van der Waals surface area contributed by atoms with Gasteiger partial charge in [0, 0.05) is 6.42 Å². The van der Waals surface area contributed by atoms with E-state index in [1.807, 2.05) is 0 Å². The van der Waals surface area contributed by atoms with Crippen molar-refractivity contribution in [3.05, 3.63) is 23.4 Å². The molecule has 0 aliphatic rings. The number of pyridine rings is 1. The lowest BCUT2D eigenvalue weighted by molar-refractivity contribution is -0.141. The summed E-state index contributed by atoms with van der Waals surface area (Å²) in [7, 11) is 0. The summed E-state index contributed by atoms with van der Waals surface area (Å²) in [6.45, 7) is 0. The highest BCUT2D eigenvalue weighted by molar-refractivity contribution is 5.78. The standard InChI is InChI=1S/C12H8F3N3O2/c1-2-3-8(11(19)20)17-10-7(6-16)4-5-9(18-10)12(13,14)15/h1,4-5,8H,3H2,(H,17,18)(H,19,20). The maximum Gasteiger partial charge on any atom is 0.433 e. The van der Waals surface area contributed by atoms with Crippen LogP contribution in [0.5, 0.6) is 0 Å². The zero-order valence-electron chi connectivity index (χ0n) is 9.90. The quantitative estimate of drug-likeness (QED) is 0.824. The number of nitriles is 1. The van der Waals surface area contributed by atoms with Crippen LogP contribution in [0.3, 0.4) is 0 Å². The molecule has 1 aromatic heterocycles. The Bertz CT molecular complexity index is 599. The summed E-state index contributed by atoms with van der Waals surface area (Å²) in [5.41, 5.74) is -1.44. The van der Waals surface area contributed by atoms with Gasteiger partial charge in [0.1, 0.15) is 23.6 Å². The maximum atomic E-state index is 12.5. The van der Waals surface area contributed by atoms with Gasteiger partial charge >= 0.3 is 12.1 Å². The first-order valence-corrected chi connectivity index (χ1v) is 5.20. The van der Waals surface area contributed by atoms with Crippen molar-refractivity contribution in [3.63, 3.8) is 0 Å². The number of terminal acetylenes is 1. The molecule has 0 aliphatic heterocycles. The molecule has 8 heteroatoms. The zero-order chi connectivity index (χ0) is 15.3. The first kappa shape index (κ1) is 15.3. The number of anilines is 1. The topological polar surface area (TPSA) is 86.0 Å². The van der Waals surface area contributed by atoms with Gasteiger partial charge < -0.3 is 10.4 Å². The van der Waals surface area contributed by atoms with E-state index >= 15 is 0 Å². The fourth-order valence-electron chi connectivity index (χ4n) is 1.30. The van der Waals surface area contributed by atoms with Gasteiger partial charge in [-0.05, 0) is 12.1 Å². The van der Waals surface area contributed by atoms with Gasteiger partial charge in [0.05, 0.1) is 5.56 Å². The van der Waals surface area contributed by atoms with E-state index in [0.29, 0.717) is 6.07 Å². The lowest BCUT2D eigenvalue weighted by Gasteiger charge is -2.15. The molecule has 0 radical (unpaired) electrons. The van der Waals surface area contributed by atoms with Crippen LogP contribution >= 0.6 is 0 Å². The van der Waals surface area contributed by atoms with Crippen LogP contribution in [0.1, 0.15) is 17.7 Å². The molecular weight excluding hydrogens is 275 g/mol. The van der Waals surface area contributed by atoms with Gasteiger partial charge in [-0.1, -0.05) is 0 Å². The molecule has 1 atom stereocenters. The summed E-state index contributed by atoms with van der Waals surface area (Å²) in [6, 6.07) is 1.84. The summed E-state index contributed by atoms with van der Waals surface area (Å²) in [4.78, 5) is 14.1. The van der Waals surface area contributed by atoms with E-state index in [4.69, 9.17) is 16.8 Å². The molecule has 1 aromatic rings. The van der Waals surface area contributed by atoms with Crippen LogP contribution in [0.25, 0.3) is 0 Å². The summed E-state index contributed by atoms with van der Waals surface area (Å²) >= 11 is 0.